The highest BCUT2D eigenvalue weighted by Gasteiger charge is 2.03. The molecule has 0 saturated carbocycles. The topological polar surface area (TPSA) is 34.1 Å². The van der Waals surface area contributed by atoms with Gasteiger partial charge in [-0.3, -0.25) is 0 Å². The third kappa shape index (κ3) is 5.50. The van der Waals surface area contributed by atoms with E-state index < -0.39 is 0 Å². The number of aromatic nitrogens is 1. The first kappa shape index (κ1) is 15.0. The Kier molecular flexibility index (Phi) is 6.73. The number of pyridine rings is 1. The Hall–Kier alpha value is -1.09. The molecule has 3 heteroatoms. The van der Waals surface area contributed by atoms with Crippen LogP contribution in [-0.4, -0.2) is 18.1 Å². The first-order valence-corrected chi connectivity index (χ1v) is 6.99. The van der Waals surface area contributed by atoms with Gasteiger partial charge in [0.15, 0.2) is 0 Å². The molecule has 0 bridgehead atoms. The van der Waals surface area contributed by atoms with Crippen molar-refractivity contribution in [1.82, 2.24) is 10.3 Å². The second kappa shape index (κ2) is 8.09. The Labute approximate surface area is 111 Å². The van der Waals surface area contributed by atoms with Gasteiger partial charge < -0.3 is 10.1 Å². The van der Waals surface area contributed by atoms with Gasteiger partial charge in [-0.05, 0) is 36.9 Å². The first-order valence-electron chi connectivity index (χ1n) is 6.99. The smallest absolute Gasteiger partial charge is 0.213 e. The van der Waals surface area contributed by atoms with E-state index in [4.69, 9.17) is 4.74 Å². The molecule has 1 N–H and O–H groups in total. The molecule has 0 radical (unpaired) electrons. The van der Waals surface area contributed by atoms with Gasteiger partial charge in [-0.15, -0.1) is 0 Å². The number of rotatable bonds is 8. The lowest BCUT2D eigenvalue weighted by atomic mass is 10.2. The molecule has 0 aliphatic rings. The maximum Gasteiger partial charge on any atom is 0.213 e. The fourth-order valence-electron chi connectivity index (χ4n) is 1.69. The minimum absolute atomic E-state index is 0.674. The van der Waals surface area contributed by atoms with Crippen LogP contribution >= 0.6 is 0 Å². The Balaban J connectivity index is 2.64. The zero-order chi connectivity index (χ0) is 13.4. The number of hydrogen-bond acceptors (Lipinski definition) is 3. The van der Waals surface area contributed by atoms with E-state index in [2.05, 4.69) is 44.1 Å². The zero-order valence-electron chi connectivity index (χ0n) is 12.1. The van der Waals surface area contributed by atoms with Crippen molar-refractivity contribution in [2.24, 2.45) is 5.92 Å². The van der Waals surface area contributed by atoms with E-state index in [1.165, 1.54) is 5.56 Å². The quantitative estimate of drug-likeness (QED) is 0.769. The highest BCUT2D eigenvalue weighted by Crippen LogP contribution is 2.13. The van der Waals surface area contributed by atoms with E-state index in [-0.39, 0.29) is 0 Å². The van der Waals surface area contributed by atoms with Gasteiger partial charge in [0.05, 0.1) is 6.61 Å². The van der Waals surface area contributed by atoms with Crippen molar-refractivity contribution in [2.45, 2.75) is 47.1 Å². The first-order chi connectivity index (χ1) is 8.65. The van der Waals surface area contributed by atoms with Crippen molar-refractivity contribution in [2.75, 3.05) is 13.2 Å². The predicted octanol–water partition coefficient (Wildman–Crippen LogP) is 3.18. The van der Waals surface area contributed by atoms with Crippen molar-refractivity contribution in [3.05, 3.63) is 23.4 Å². The lowest BCUT2D eigenvalue weighted by Gasteiger charge is -2.11. The molecule has 0 aromatic carbocycles. The Morgan fingerprint density at radius 1 is 1.28 bits per heavy atom. The van der Waals surface area contributed by atoms with Crippen LogP contribution in [0.2, 0.25) is 0 Å². The van der Waals surface area contributed by atoms with Crippen LogP contribution < -0.4 is 10.1 Å². The van der Waals surface area contributed by atoms with Crippen LogP contribution in [-0.2, 0) is 13.0 Å². The molecule has 1 heterocycles. The van der Waals surface area contributed by atoms with Crippen LogP contribution in [0.3, 0.4) is 0 Å². The minimum atomic E-state index is 0.674. The van der Waals surface area contributed by atoms with Crippen LogP contribution in [0, 0.1) is 5.92 Å². The van der Waals surface area contributed by atoms with Crippen LogP contribution in [0.1, 0.15) is 45.4 Å². The van der Waals surface area contributed by atoms with E-state index >= 15 is 0 Å². The summed E-state index contributed by atoms with van der Waals surface area (Å²) in [6, 6.07) is 4.20. The van der Waals surface area contributed by atoms with Gasteiger partial charge >= 0.3 is 0 Å². The maximum absolute atomic E-state index is 5.63. The van der Waals surface area contributed by atoms with Crippen molar-refractivity contribution in [3.63, 3.8) is 0 Å². The molecular formula is C15H26N2O. The summed E-state index contributed by atoms with van der Waals surface area (Å²) in [4.78, 5) is 4.48. The number of hydrogen-bond donors (Lipinski definition) is 1. The van der Waals surface area contributed by atoms with Gasteiger partial charge in [-0.25, -0.2) is 4.98 Å². The van der Waals surface area contributed by atoms with Gasteiger partial charge in [0.1, 0.15) is 0 Å². The fourth-order valence-corrected chi connectivity index (χ4v) is 1.69. The molecule has 0 atom stereocenters. The molecule has 0 amide bonds. The third-order valence-electron chi connectivity index (χ3n) is 2.61. The Bertz CT molecular complexity index is 350. The largest absolute Gasteiger partial charge is 0.478 e. The van der Waals surface area contributed by atoms with Crippen LogP contribution in [0.25, 0.3) is 0 Å². The molecule has 0 fully saturated rings. The normalized spacial score (nSPS) is 10.9. The third-order valence-corrected chi connectivity index (χ3v) is 2.61. The monoisotopic (exact) mass is 250 g/mol. The molecule has 102 valence electrons. The summed E-state index contributed by atoms with van der Waals surface area (Å²) in [7, 11) is 0. The molecule has 1 aromatic rings. The van der Waals surface area contributed by atoms with Crippen molar-refractivity contribution in [3.8, 4) is 5.88 Å². The Morgan fingerprint density at radius 3 is 2.67 bits per heavy atom. The second-order valence-corrected chi connectivity index (χ2v) is 5.03. The van der Waals surface area contributed by atoms with Crippen molar-refractivity contribution < 1.29 is 4.74 Å². The zero-order valence-corrected chi connectivity index (χ0v) is 12.1. The Morgan fingerprint density at radius 2 is 2.06 bits per heavy atom. The number of nitrogens with zero attached hydrogens (tertiary/aromatic N) is 1. The molecule has 0 spiro atoms. The van der Waals surface area contributed by atoms with E-state index in [1.807, 2.05) is 6.07 Å². The second-order valence-electron chi connectivity index (χ2n) is 5.03. The number of nitrogens with one attached hydrogen (secondary N) is 1. The lowest BCUT2D eigenvalue weighted by Crippen LogP contribution is -2.19. The van der Waals surface area contributed by atoms with E-state index in [1.54, 1.807) is 0 Å². The van der Waals surface area contributed by atoms with Gasteiger partial charge in [0.25, 0.3) is 0 Å². The average Bonchev–Trinajstić information content (AvgIpc) is 2.35. The summed E-state index contributed by atoms with van der Waals surface area (Å²) in [6.45, 7) is 11.3. The van der Waals surface area contributed by atoms with Crippen molar-refractivity contribution in [1.29, 1.82) is 0 Å². The summed E-state index contributed by atoms with van der Waals surface area (Å²) < 4.78 is 5.63. The molecule has 1 rings (SSSR count). The van der Waals surface area contributed by atoms with E-state index in [0.717, 1.165) is 44.1 Å². The van der Waals surface area contributed by atoms with Gasteiger partial charge in [0.2, 0.25) is 5.88 Å². The van der Waals surface area contributed by atoms with Crippen LogP contribution in [0.15, 0.2) is 12.1 Å². The summed E-state index contributed by atoms with van der Waals surface area (Å²) in [5, 5.41) is 3.45. The van der Waals surface area contributed by atoms with E-state index in [9.17, 15) is 0 Å². The maximum atomic E-state index is 5.63. The molecule has 3 nitrogen and oxygen atoms in total. The van der Waals surface area contributed by atoms with Crippen LogP contribution in [0.5, 0.6) is 5.88 Å². The highest BCUT2D eigenvalue weighted by molar-refractivity contribution is 5.25. The molecule has 0 unspecified atom stereocenters. The highest BCUT2D eigenvalue weighted by atomic mass is 16.5. The van der Waals surface area contributed by atoms with Crippen LogP contribution in [0.4, 0.5) is 0 Å². The summed E-state index contributed by atoms with van der Waals surface area (Å²) in [5.41, 5.74) is 2.36. The number of aryl methyl sites for hydroxylation is 1. The summed E-state index contributed by atoms with van der Waals surface area (Å²) in [6.07, 6.45) is 1.96. The fraction of sp³-hybridized carbons (Fsp3) is 0.667. The summed E-state index contributed by atoms with van der Waals surface area (Å²) >= 11 is 0. The molecule has 0 aliphatic carbocycles. The average molecular weight is 250 g/mol. The van der Waals surface area contributed by atoms with Gasteiger partial charge in [0, 0.05) is 18.3 Å². The molecule has 18 heavy (non-hydrogen) atoms. The molecule has 0 saturated heterocycles. The van der Waals surface area contributed by atoms with E-state index in [0.29, 0.717) is 5.92 Å². The standard InChI is InChI=1S/C15H26N2O/c1-5-7-18-15-9-13(8-14(6-2)17-15)11-16-10-12(3)4/h8-9,12,16H,5-7,10-11H2,1-4H3. The lowest BCUT2D eigenvalue weighted by molar-refractivity contribution is 0.304. The number of ether oxygens (including phenoxy) is 1. The summed E-state index contributed by atoms with van der Waals surface area (Å²) in [5.74, 6) is 1.44. The van der Waals surface area contributed by atoms with Crippen molar-refractivity contribution >= 4 is 0 Å². The SMILES string of the molecule is CCCOc1cc(CNCC(C)C)cc(CC)n1. The van der Waals surface area contributed by atoms with Gasteiger partial charge in [-0.1, -0.05) is 27.7 Å². The molecular weight excluding hydrogens is 224 g/mol. The predicted molar refractivity (Wildman–Crippen MR) is 75.9 cm³/mol. The minimum Gasteiger partial charge on any atom is -0.478 e. The van der Waals surface area contributed by atoms with Gasteiger partial charge in [-0.2, -0.15) is 0 Å². The molecule has 1 aromatic heterocycles. The molecule has 0 aliphatic heterocycles.